The fraction of sp³-hybridized carbons (Fsp3) is 1.00. The molecule has 2 rings (SSSR count). The maximum atomic E-state index is 5.57. The van der Waals surface area contributed by atoms with E-state index in [2.05, 4.69) is 23.6 Å². The number of rotatable bonds is 6. The summed E-state index contributed by atoms with van der Waals surface area (Å²) in [6, 6.07) is 0. The van der Waals surface area contributed by atoms with Crippen molar-refractivity contribution in [1.29, 1.82) is 0 Å². The lowest BCUT2D eigenvalue weighted by Gasteiger charge is -2.23. The number of hydrogen-bond donors (Lipinski definition) is 0. The average Bonchev–Trinajstić information content (AvgIpc) is 2.96. The zero-order valence-corrected chi connectivity index (χ0v) is 11.6. The highest BCUT2D eigenvalue weighted by molar-refractivity contribution is 4.92. The Hall–Kier alpha value is -0.120. The molecule has 3 heteroatoms. The van der Waals surface area contributed by atoms with Gasteiger partial charge in [0.1, 0.15) is 0 Å². The summed E-state index contributed by atoms with van der Waals surface area (Å²) < 4.78 is 5.57. The van der Waals surface area contributed by atoms with Crippen LogP contribution in [-0.2, 0) is 4.74 Å². The predicted octanol–water partition coefficient (Wildman–Crippen LogP) is 1.83. The zero-order chi connectivity index (χ0) is 12.1. The topological polar surface area (TPSA) is 15.7 Å². The Labute approximate surface area is 106 Å². The van der Waals surface area contributed by atoms with Gasteiger partial charge in [-0.2, -0.15) is 0 Å². The molecule has 2 heterocycles. The molecule has 0 aromatic carbocycles. The van der Waals surface area contributed by atoms with Crippen molar-refractivity contribution in [3.05, 3.63) is 0 Å². The molecule has 0 N–H and O–H groups in total. The summed E-state index contributed by atoms with van der Waals surface area (Å²) in [5, 5.41) is 0. The van der Waals surface area contributed by atoms with Crippen molar-refractivity contribution in [3.63, 3.8) is 0 Å². The average molecular weight is 240 g/mol. The maximum absolute atomic E-state index is 5.57. The fourth-order valence-electron chi connectivity index (χ4n) is 3.25. The third kappa shape index (κ3) is 3.43. The first-order valence-corrected chi connectivity index (χ1v) is 7.30. The first-order valence-electron chi connectivity index (χ1n) is 7.30. The van der Waals surface area contributed by atoms with E-state index in [0.29, 0.717) is 5.41 Å². The number of hydrogen-bond acceptors (Lipinski definition) is 3. The monoisotopic (exact) mass is 240 g/mol. The number of likely N-dealkylation sites (tertiary alicyclic amines) is 1. The summed E-state index contributed by atoms with van der Waals surface area (Å²) in [7, 11) is 0. The van der Waals surface area contributed by atoms with E-state index in [1.165, 1.54) is 58.5 Å². The van der Waals surface area contributed by atoms with E-state index in [1.807, 2.05) is 0 Å². The summed E-state index contributed by atoms with van der Waals surface area (Å²) in [6.45, 7) is 14.0. The van der Waals surface area contributed by atoms with Gasteiger partial charge in [0, 0.05) is 18.6 Å². The summed E-state index contributed by atoms with van der Waals surface area (Å²) >= 11 is 0. The van der Waals surface area contributed by atoms with Crippen molar-refractivity contribution < 1.29 is 4.74 Å². The summed E-state index contributed by atoms with van der Waals surface area (Å²) in [5.74, 6) is 0. The van der Waals surface area contributed by atoms with Gasteiger partial charge in [0.05, 0.1) is 6.61 Å². The van der Waals surface area contributed by atoms with Crippen LogP contribution >= 0.6 is 0 Å². The second-order valence-electron chi connectivity index (χ2n) is 5.71. The van der Waals surface area contributed by atoms with Gasteiger partial charge in [-0.3, -0.25) is 0 Å². The lowest BCUT2D eigenvalue weighted by Crippen LogP contribution is -2.31. The molecule has 1 spiro atoms. The third-order valence-corrected chi connectivity index (χ3v) is 4.55. The quantitative estimate of drug-likeness (QED) is 0.704. The van der Waals surface area contributed by atoms with E-state index >= 15 is 0 Å². The molecule has 1 atom stereocenters. The minimum Gasteiger partial charge on any atom is -0.381 e. The summed E-state index contributed by atoms with van der Waals surface area (Å²) in [4.78, 5) is 5.17. The lowest BCUT2D eigenvalue weighted by atomic mass is 9.87. The van der Waals surface area contributed by atoms with Crippen LogP contribution in [0.5, 0.6) is 0 Å². The van der Waals surface area contributed by atoms with Crippen molar-refractivity contribution >= 4 is 0 Å². The largest absolute Gasteiger partial charge is 0.381 e. The lowest BCUT2D eigenvalue weighted by molar-refractivity contribution is 0.151. The standard InChI is InChI=1S/C14H28N2O/c1-3-15(4-2)8-5-9-16-10-6-14(12-16)7-11-17-13-14/h3-13H2,1-2H3/t14-/m0/s1. The van der Waals surface area contributed by atoms with E-state index in [4.69, 9.17) is 4.74 Å². The van der Waals surface area contributed by atoms with Crippen molar-refractivity contribution in [2.24, 2.45) is 5.41 Å². The number of ether oxygens (including phenoxy) is 1. The summed E-state index contributed by atoms with van der Waals surface area (Å²) in [6.07, 6.45) is 3.97. The molecule has 0 unspecified atom stereocenters. The van der Waals surface area contributed by atoms with E-state index in [9.17, 15) is 0 Å². The van der Waals surface area contributed by atoms with Crippen molar-refractivity contribution in [1.82, 2.24) is 9.80 Å². The molecule has 2 fully saturated rings. The molecule has 0 amide bonds. The molecule has 2 saturated heterocycles. The van der Waals surface area contributed by atoms with E-state index in [0.717, 1.165) is 13.2 Å². The van der Waals surface area contributed by atoms with Crippen LogP contribution in [0.3, 0.4) is 0 Å². The van der Waals surface area contributed by atoms with Crippen LogP contribution in [0.1, 0.15) is 33.1 Å². The molecule has 3 nitrogen and oxygen atoms in total. The van der Waals surface area contributed by atoms with Gasteiger partial charge < -0.3 is 14.5 Å². The van der Waals surface area contributed by atoms with E-state index in [-0.39, 0.29) is 0 Å². The number of nitrogens with zero attached hydrogens (tertiary/aromatic N) is 2. The Bertz CT molecular complexity index is 222. The minimum atomic E-state index is 0.537. The Balaban J connectivity index is 1.64. The molecule has 0 radical (unpaired) electrons. The van der Waals surface area contributed by atoms with Crippen LogP contribution in [-0.4, -0.2) is 62.3 Å². The van der Waals surface area contributed by atoms with Gasteiger partial charge in [-0.25, -0.2) is 0 Å². The van der Waals surface area contributed by atoms with E-state index < -0.39 is 0 Å². The third-order valence-electron chi connectivity index (χ3n) is 4.55. The van der Waals surface area contributed by atoms with Gasteiger partial charge in [-0.15, -0.1) is 0 Å². The summed E-state index contributed by atoms with van der Waals surface area (Å²) in [5.41, 5.74) is 0.537. The fourth-order valence-corrected chi connectivity index (χ4v) is 3.25. The zero-order valence-electron chi connectivity index (χ0n) is 11.6. The van der Waals surface area contributed by atoms with Crippen LogP contribution in [0, 0.1) is 5.41 Å². The van der Waals surface area contributed by atoms with Crippen LogP contribution in [0.15, 0.2) is 0 Å². The highest BCUT2D eigenvalue weighted by atomic mass is 16.5. The Morgan fingerprint density at radius 3 is 2.71 bits per heavy atom. The van der Waals surface area contributed by atoms with Crippen LogP contribution in [0.2, 0.25) is 0 Å². The molecule has 0 aliphatic carbocycles. The smallest absolute Gasteiger partial charge is 0.0536 e. The van der Waals surface area contributed by atoms with Gasteiger partial charge in [0.25, 0.3) is 0 Å². The Kier molecular flexibility index (Phi) is 4.83. The molecular formula is C14H28N2O. The second kappa shape index (κ2) is 6.17. The van der Waals surface area contributed by atoms with Crippen molar-refractivity contribution in [2.45, 2.75) is 33.1 Å². The highest BCUT2D eigenvalue weighted by Gasteiger charge is 2.40. The van der Waals surface area contributed by atoms with Crippen LogP contribution in [0.25, 0.3) is 0 Å². The minimum absolute atomic E-state index is 0.537. The van der Waals surface area contributed by atoms with Gasteiger partial charge in [-0.1, -0.05) is 13.8 Å². The van der Waals surface area contributed by atoms with Crippen molar-refractivity contribution in [3.8, 4) is 0 Å². The molecule has 2 aliphatic rings. The molecule has 100 valence electrons. The van der Waals surface area contributed by atoms with Crippen LogP contribution in [0.4, 0.5) is 0 Å². The molecule has 2 aliphatic heterocycles. The molecule has 0 saturated carbocycles. The van der Waals surface area contributed by atoms with Gasteiger partial charge >= 0.3 is 0 Å². The van der Waals surface area contributed by atoms with Crippen LogP contribution < -0.4 is 0 Å². The highest BCUT2D eigenvalue weighted by Crippen LogP contribution is 2.37. The maximum Gasteiger partial charge on any atom is 0.0536 e. The van der Waals surface area contributed by atoms with E-state index in [1.54, 1.807) is 0 Å². The second-order valence-corrected chi connectivity index (χ2v) is 5.71. The first kappa shape index (κ1) is 13.3. The normalized spacial score (nSPS) is 29.8. The molecule has 0 aromatic heterocycles. The first-order chi connectivity index (χ1) is 8.28. The Morgan fingerprint density at radius 2 is 2.06 bits per heavy atom. The molecule has 0 bridgehead atoms. The Morgan fingerprint density at radius 1 is 1.24 bits per heavy atom. The predicted molar refractivity (Wildman–Crippen MR) is 71.3 cm³/mol. The van der Waals surface area contributed by atoms with Gasteiger partial charge in [0.15, 0.2) is 0 Å². The SMILES string of the molecule is CCN(CC)CCCN1CC[C@]2(CCOC2)C1. The van der Waals surface area contributed by atoms with Gasteiger partial charge in [-0.05, 0) is 52.0 Å². The molecule has 0 aromatic rings. The molecular weight excluding hydrogens is 212 g/mol. The van der Waals surface area contributed by atoms with Gasteiger partial charge in [0.2, 0.25) is 0 Å². The molecule has 17 heavy (non-hydrogen) atoms. The van der Waals surface area contributed by atoms with Crippen molar-refractivity contribution in [2.75, 3.05) is 52.5 Å².